The average molecular weight is 456 g/mol. The largest absolute Gasteiger partial charge is 0.658 e. The Bertz CT molecular complexity index is 780. The molecule has 3 N–H and O–H groups in total. The summed E-state index contributed by atoms with van der Waals surface area (Å²) in [7, 11) is 0. The number of nitrogen functional groups attached to an aromatic ring is 1. The molecule has 0 aliphatic carbocycles. The fraction of sp³-hybridized carbons (Fsp3) is 0.333. The molecule has 0 amide bonds. The molecule has 0 saturated carbocycles. The zero-order valence-corrected chi connectivity index (χ0v) is 19.3. The van der Waals surface area contributed by atoms with Gasteiger partial charge in [0.2, 0.25) is 0 Å². The van der Waals surface area contributed by atoms with Gasteiger partial charge in [-0.05, 0) is 63.8 Å². The number of benzene rings is 2. The van der Waals surface area contributed by atoms with Gasteiger partial charge in [0.25, 0.3) is 0 Å². The Morgan fingerprint density at radius 1 is 1.29 bits per heavy atom. The first-order valence-corrected chi connectivity index (χ1v) is 9.10. The average Bonchev–Trinajstić information content (AvgIpc) is 3.09. The molecule has 1 unspecified atom stereocenters. The Balaban J connectivity index is 0.000000367. The van der Waals surface area contributed by atoms with E-state index in [1.807, 2.05) is 0 Å². The summed E-state index contributed by atoms with van der Waals surface area (Å²) in [6, 6.07) is 12.3. The second kappa shape index (κ2) is 11.9. The van der Waals surface area contributed by atoms with Gasteiger partial charge in [-0.2, -0.15) is 0 Å². The van der Waals surface area contributed by atoms with Gasteiger partial charge in [0, 0.05) is 38.8 Å². The molecule has 2 aromatic rings. The van der Waals surface area contributed by atoms with E-state index in [9.17, 15) is 4.79 Å². The third-order valence-corrected chi connectivity index (χ3v) is 4.65. The van der Waals surface area contributed by atoms with E-state index >= 15 is 0 Å². The number of nitrogens with two attached hydrogens (primary N) is 1. The molecule has 1 atom stereocenters. The molecule has 1 heterocycles. The van der Waals surface area contributed by atoms with Gasteiger partial charge < -0.3 is 21.1 Å². The Hall–Kier alpha value is -1.76. The molecule has 6 nitrogen and oxygen atoms in total. The third kappa shape index (κ3) is 7.00. The maximum Gasteiger partial charge on any atom is 0.335 e. The minimum Gasteiger partial charge on any atom is -0.658 e. The number of hydrogen-bond acceptors (Lipinski definition) is 4. The summed E-state index contributed by atoms with van der Waals surface area (Å²) in [5.41, 5.74) is 8.38. The molecule has 1 aliphatic rings. The zero-order valence-electron chi connectivity index (χ0n) is 16.5. The quantitative estimate of drug-likeness (QED) is 0.482. The van der Waals surface area contributed by atoms with E-state index in [1.165, 1.54) is 38.1 Å². The zero-order chi connectivity index (χ0) is 19.8. The van der Waals surface area contributed by atoms with Crippen LogP contribution >= 0.6 is 0 Å². The van der Waals surface area contributed by atoms with E-state index in [0.717, 1.165) is 6.04 Å². The second-order valence-electron chi connectivity index (χ2n) is 6.48. The summed E-state index contributed by atoms with van der Waals surface area (Å²) in [6.45, 7) is 10.6. The monoisotopic (exact) mass is 456 g/mol. The summed E-state index contributed by atoms with van der Waals surface area (Å²) in [6.07, 6.45) is 2.82. The first kappa shape index (κ1) is 24.3. The summed E-state index contributed by atoms with van der Waals surface area (Å²) in [5.74, 6) is -0.961. The van der Waals surface area contributed by atoms with Crippen molar-refractivity contribution in [2.24, 2.45) is 4.99 Å². The Labute approximate surface area is 192 Å². The number of hydrogen-bond donors (Lipinski definition) is 2. The van der Waals surface area contributed by atoms with Crippen LogP contribution in [0.15, 0.2) is 47.5 Å². The van der Waals surface area contributed by atoms with Gasteiger partial charge in [0.05, 0.1) is 16.9 Å². The molecule has 0 bridgehead atoms. The number of likely N-dealkylation sites (tertiary alicyclic amines) is 1. The second-order valence-corrected chi connectivity index (χ2v) is 6.48. The van der Waals surface area contributed by atoms with Gasteiger partial charge in [-0.1, -0.05) is 25.1 Å². The van der Waals surface area contributed by atoms with Gasteiger partial charge in [0.15, 0.2) is 0 Å². The molecule has 0 spiro atoms. The van der Waals surface area contributed by atoms with Crippen molar-refractivity contribution in [3.05, 3.63) is 53.3 Å². The molecule has 2 aromatic carbocycles. The molecule has 28 heavy (non-hydrogen) atoms. The van der Waals surface area contributed by atoms with Gasteiger partial charge in [-0.15, -0.1) is 11.4 Å². The molecule has 1 radical (unpaired) electrons. The van der Waals surface area contributed by atoms with Crippen LogP contribution in [0.4, 0.5) is 22.7 Å². The van der Waals surface area contributed by atoms with Crippen LogP contribution in [-0.4, -0.2) is 41.8 Å². The van der Waals surface area contributed by atoms with Crippen molar-refractivity contribution in [1.82, 2.24) is 4.90 Å². The van der Waals surface area contributed by atoms with E-state index in [1.54, 1.807) is 30.3 Å². The van der Waals surface area contributed by atoms with Crippen molar-refractivity contribution >= 4 is 35.4 Å². The molecule has 1 saturated heterocycles. The summed E-state index contributed by atoms with van der Waals surface area (Å²) >= 11 is 0. The number of carboxylic acids is 1. The van der Waals surface area contributed by atoms with E-state index in [-0.39, 0.29) is 38.3 Å². The summed E-state index contributed by atoms with van der Waals surface area (Å²) < 4.78 is 0. The number of rotatable bonds is 5. The van der Waals surface area contributed by atoms with E-state index in [0.29, 0.717) is 22.7 Å². The minimum absolute atomic E-state index is 0. The molecule has 147 valence electrons. The van der Waals surface area contributed by atoms with Gasteiger partial charge in [-0.25, -0.2) is 4.79 Å². The third-order valence-electron chi connectivity index (χ3n) is 4.65. The SMILES string of the molecule is C=Nc1cc([N-]c2ccc(C(=O)O)cc2)ccc1N.CCN1CCCC1C.[Y]. The van der Waals surface area contributed by atoms with Crippen LogP contribution in [-0.2, 0) is 32.7 Å². The Kier molecular flexibility index (Phi) is 10.4. The number of aromatic carboxylic acids is 1. The van der Waals surface area contributed by atoms with Crippen molar-refractivity contribution in [3.8, 4) is 0 Å². The summed E-state index contributed by atoms with van der Waals surface area (Å²) in [4.78, 5) is 17.1. The topological polar surface area (TPSA) is 93.0 Å². The van der Waals surface area contributed by atoms with Gasteiger partial charge >= 0.3 is 5.97 Å². The van der Waals surface area contributed by atoms with Gasteiger partial charge in [0.1, 0.15) is 0 Å². The van der Waals surface area contributed by atoms with Crippen molar-refractivity contribution in [3.63, 3.8) is 0 Å². The molecule has 1 aliphatic heterocycles. The van der Waals surface area contributed by atoms with E-state index in [4.69, 9.17) is 10.8 Å². The van der Waals surface area contributed by atoms with Crippen molar-refractivity contribution in [1.29, 1.82) is 0 Å². The smallest absolute Gasteiger partial charge is 0.335 e. The van der Waals surface area contributed by atoms with E-state index in [2.05, 4.69) is 35.8 Å². The van der Waals surface area contributed by atoms with Crippen molar-refractivity contribution < 1.29 is 42.6 Å². The maximum atomic E-state index is 10.7. The molecule has 0 aromatic heterocycles. The first-order valence-electron chi connectivity index (χ1n) is 9.10. The maximum absolute atomic E-state index is 10.7. The Morgan fingerprint density at radius 2 is 1.93 bits per heavy atom. The van der Waals surface area contributed by atoms with Crippen LogP contribution in [0.3, 0.4) is 0 Å². The normalized spacial score (nSPS) is 15.7. The predicted molar refractivity (Wildman–Crippen MR) is 112 cm³/mol. The van der Waals surface area contributed by atoms with Gasteiger partial charge in [-0.3, -0.25) is 4.99 Å². The van der Waals surface area contributed by atoms with E-state index < -0.39 is 5.97 Å². The number of nitrogens with zero attached hydrogens (tertiary/aromatic N) is 3. The van der Waals surface area contributed by atoms with Crippen LogP contribution in [0.1, 0.15) is 37.0 Å². The molecular formula is C21H27N4O2Y-. The predicted octanol–water partition coefficient (Wildman–Crippen LogP) is 5.12. The Morgan fingerprint density at radius 3 is 2.39 bits per heavy atom. The van der Waals surface area contributed by atoms with Crippen LogP contribution in [0.5, 0.6) is 0 Å². The molecule has 1 fully saturated rings. The number of carbonyl (C=O) groups is 1. The fourth-order valence-electron chi connectivity index (χ4n) is 3.03. The first-order chi connectivity index (χ1) is 12.9. The minimum atomic E-state index is -0.961. The number of aliphatic imine (C=N–C) groups is 1. The van der Waals surface area contributed by atoms with Crippen LogP contribution < -0.4 is 5.73 Å². The van der Waals surface area contributed by atoms with Crippen LogP contribution in [0.25, 0.3) is 5.32 Å². The molecule has 3 rings (SSSR count). The number of anilines is 1. The number of carboxylic acid groups (broad SMARTS) is 1. The fourth-order valence-corrected chi connectivity index (χ4v) is 3.03. The van der Waals surface area contributed by atoms with Crippen molar-refractivity contribution in [2.45, 2.75) is 32.7 Å². The summed E-state index contributed by atoms with van der Waals surface area (Å²) in [5, 5.41) is 13.2. The van der Waals surface area contributed by atoms with Crippen molar-refractivity contribution in [2.75, 3.05) is 18.8 Å². The van der Waals surface area contributed by atoms with Crippen LogP contribution in [0, 0.1) is 0 Å². The standard InChI is InChI=1S/C14H12N3O2.C7H15N.Y/c1-16-13-8-11(6-7-12(13)15)17-10-4-2-9(3-5-10)14(18)19;1-3-8-6-4-5-7(8)2;/h2-8H,1,15H2,(H,18,19);7H,3-6H2,1-2H3;/q-1;;. The van der Waals surface area contributed by atoms with Crippen LogP contribution in [0.2, 0.25) is 0 Å². The molecule has 7 heteroatoms. The molecular weight excluding hydrogens is 429 g/mol.